The van der Waals surface area contributed by atoms with Gasteiger partial charge in [0.25, 0.3) is 0 Å². The van der Waals surface area contributed by atoms with Gasteiger partial charge in [-0.15, -0.1) is 0 Å². The van der Waals surface area contributed by atoms with Gasteiger partial charge in [-0.3, -0.25) is 0 Å². The van der Waals surface area contributed by atoms with E-state index in [2.05, 4.69) is 5.41 Å². The molecule has 0 bridgehead atoms. The summed E-state index contributed by atoms with van der Waals surface area (Å²) < 4.78 is 0. The van der Waals surface area contributed by atoms with Crippen molar-refractivity contribution in [3.8, 4) is 0 Å². The third-order valence-corrected chi connectivity index (χ3v) is 0.0745. The average Bonchev–Trinajstić information content (AvgIpc) is 1.37. The van der Waals surface area contributed by atoms with E-state index in [9.17, 15) is 0 Å². The highest BCUT2D eigenvalue weighted by atomic mass is 16.2. The SMILES string of the molecule is [NH2+]=C=CO. The van der Waals surface area contributed by atoms with E-state index in [1.54, 1.807) is 0 Å². The van der Waals surface area contributed by atoms with E-state index >= 15 is 0 Å². The summed E-state index contributed by atoms with van der Waals surface area (Å²) in [4.78, 5) is 0. The number of hydrogen-bond acceptors (Lipinski definition) is 1. The Kier molecular flexibility index (Phi) is 1.83. The summed E-state index contributed by atoms with van der Waals surface area (Å²) in [6.45, 7) is 0. The van der Waals surface area contributed by atoms with E-state index in [1.807, 2.05) is 5.87 Å². The average molecular weight is 58.1 g/mol. The van der Waals surface area contributed by atoms with Gasteiger partial charge in [0, 0.05) is 0 Å². The van der Waals surface area contributed by atoms with E-state index in [4.69, 9.17) is 5.11 Å². The summed E-state index contributed by atoms with van der Waals surface area (Å²) in [5, 5.41) is 12.0. The maximum absolute atomic E-state index is 7.51. The van der Waals surface area contributed by atoms with Gasteiger partial charge in [0.2, 0.25) is 5.87 Å². The lowest BCUT2D eigenvalue weighted by Crippen LogP contribution is -2.24. The fourth-order valence-electron chi connectivity index (χ4n) is 0. The molecule has 0 spiro atoms. The summed E-state index contributed by atoms with van der Waals surface area (Å²) in [7, 11) is 0. The third-order valence-electron chi connectivity index (χ3n) is 0.0745. The molecule has 2 heteroatoms. The molecule has 0 saturated heterocycles. The Balaban J connectivity index is 3.11. The molecular weight excluding hydrogens is 54.0 g/mol. The van der Waals surface area contributed by atoms with Crippen molar-refractivity contribution in [2.24, 2.45) is 0 Å². The van der Waals surface area contributed by atoms with Gasteiger partial charge in [0.15, 0.2) is 6.26 Å². The Bertz CT molecular complexity index is 44.0. The van der Waals surface area contributed by atoms with Crippen LogP contribution in [-0.2, 0) is 0 Å². The molecule has 0 aromatic rings. The molecule has 0 unspecified atom stereocenters. The van der Waals surface area contributed by atoms with Crippen molar-refractivity contribution < 1.29 is 10.5 Å². The van der Waals surface area contributed by atoms with Crippen LogP contribution in [0.15, 0.2) is 6.26 Å². The Morgan fingerprint density at radius 2 is 2.25 bits per heavy atom. The Labute approximate surface area is 23.9 Å². The van der Waals surface area contributed by atoms with Crippen molar-refractivity contribution in [1.82, 2.24) is 0 Å². The summed E-state index contributed by atoms with van der Waals surface area (Å²) >= 11 is 0. The largest absolute Gasteiger partial charge is 0.502 e. The second kappa shape index (κ2) is 2.25. The zero-order valence-corrected chi connectivity index (χ0v) is 2.10. The molecule has 0 saturated carbocycles. The first-order valence-corrected chi connectivity index (χ1v) is 0.836. The maximum atomic E-state index is 7.51. The zero-order chi connectivity index (χ0) is 3.41. The standard InChI is InChI=1S/C2H3NO/c3-1-2-4/h2-4H/p+1. The van der Waals surface area contributed by atoms with E-state index in [1.165, 1.54) is 0 Å². The third kappa shape index (κ3) is 1.25. The second-order valence-corrected chi connectivity index (χ2v) is 0.296. The molecule has 0 heterocycles. The molecule has 0 aliphatic heterocycles. The molecule has 0 aliphatic rings. The van der Waals surface area contributed by atoms with Crippen LogP contribution < -0.4 is 5.41 Å². The highest BCUT2D eigenvalue weighted by molar-refractivity contribution is 5.40. The van der Waals surface area contributed by atoms with Gasteiger partial charge < -0.3 is 5.11 Å². The van der Waals surface area contributed by atoms with Gasteiger partial charge in [-0.2, -0.15) is 0 Å². The summed E-state index contributed by atoms with van der Waals surface area (Å²) in [5.41, 5.74) is 0. The molecule has 3 N–H and O–H groups in total. The van der Waals surface area contributed by atoms with Crippen LogP contribution in [0, 0.1) is 0 Å². The number of rotatable bonds is 0. The molecule has 0 rings (SSSR count). The molecule has 0 amide bonds. The van der Waals surface area contributed by atoms with Gasteiger partial charge in [0.05, 0.1) is 0 Å². The van der Waals surface area contributed by atoms with Gasteiger partial charge >= 0.3 is 0 Å². The lowest BCUT2D eigenvalue weighted by Gasteiger charge is -1.38. The van der Waals surface area contributed by atoms with Crippen LogP contribution in [0.4, 0.5) is 0 Å². The van der Waals surface area contributed by atoms with E-state index in [-0.39, 0.29) is 0 Å². The smallest absolute Gasteiger partial charge is 0.201 e. The lowest BCUT2D eigenvalue weighted by molar-refractivity contribution is -0.102. The van der Waals surface area contributed by atoms with Gasteiger partial charge in [-0.1, -0.05) is 0 Å². The highest BCUT2D eigenvalue weighted by Gasteiger charge is 1.34. The molecule has 4 heavy (non-hydrogen) atoms. The number of hydrogen-bond donors (Lipinski definition) is 2. The number of aliphatic hydroxyl groups excluding tert-OH is 1. The highest BCUT2D eigenvalue weighted by Crippen LogP contribution is 1.20. The summed E-state index contributed by atoms with van der Waals surface area (Å²) in [6.07, 6.45) is 0.653. The molecule has 22 valence electrons. The van der Waals surface area contributed by atoms with Crippen LogP contribution in [0.25, 0.3) is 0 Å². The summed E-state index contributed by atoms with van der Waals surface area (Å²) in [5.74, 6) is 1.86. The minimum atomic E-state index is 0.653. The van der Waals surface area contributed by atoms with Crippen molar-refractivity contribution in [3.63, 3.8) is 0 Å². The second-order valence-electron chi connectivity index (χ2n) is 0.296. The predicted octanol–water partition coefficient (Wildman–Crippen LogP) is -1.51. The van der Waals surface area contributed by atoms with Gasteiger partial charge in [-0.25, -0.2) is 5.41 Å². The quantitative estimate of drug-likeness (QED) is 0.258. The molecule has 2 nitrogen and oxygen atoms in total. The topological polar surface area (TPSA) is 45.8 Å². The first kappa shape index (κ1) is 3.25. The van der Waals surface area contributed by atoms with Gasteiger partial charge in [-0.05, 0) is 0 Å². The van der Waals surface area contributed by atoms with Crippen LogP contribution in [-0.4, -0.2) is 11.0 Å². The van der Waals surface area contributed by atoms with E-state index < -0.39 is 0 Å². The fourth-order valence-corrected chi connectivity index (χ4v) is 0. The van der Waals surface area contributed by atoms with E-state index in [0.717, 1.165) is 0 Å². The number of nitrogens with two attached hydrogens (primary N) is 1. The minimum Gasteiger partial charge on any atom is -0.502 e. The molecule has 0 radical (unpaired) electrons. The lowest BCUT2D eigenvalue weighted by atomic mass is 11.1. The van der Waals surface area contributed by atoms with Crippen LogP contribution in [0.1, 0.15) is 0 Å². The van der Waals surface area contributed by atoms with Gasteiger partial charge in [0.1, 0.15) is 0 Å². The molecule has 0 aliphatic carbocycles. The Hall–Kier alpha value is -0.750. The Morgan fingerprint density at radius 1 is 2.00 bits per heavy atom. The van der Waals surface area contributed by atoms with Crippen LogP contribution >= 0.6 is 0 Å². The van der Waals surface area contributed by atoms with Crippen molar-refractivity contribution >= 4 is 5.87 Å². The zero-order valence-electron chi connectivity index (χ0n) is 2.10. The first-order chi connectivity index (χ1) is 1.91. The van der Waals surface area contributed by atoms with Crippen LogP contribution in [0.2, 0.25) is 0 Å². The monoisotopic (exact) mass is 58.0 g/mol. The normalized spacial score (nSPS) is 4.00. The van der Waals surface area contributed by atoms with Crippen molar-refractivity contribution in [3.05, 3.63) is 6.26 Å². The van der Waals surface area contributed by atoms with Crippen molar-refractivity contribution in [2.45, 2.75) is 0 Å². The predicted molar refractivity (Wildman–Crippen MR) is 14.1 cm³/mol. The summed E-state index contributed by atoms with van der Waals surface area (Å²) in [6, 6.07) is 0. The molecular formula is C2H4NO+. The van der Waals surface area contributed by atoms with Crippen molar-refractivity contribution in [2.75, 3.05) is 0 Å². The van der Waals surface area contributed by atoms with E-state index in [0.29, 0.717) is 6.26 Å². The van der Waals surface area contributed by atoms with Crippen LogP contribution in [0.5, 0.6) is 0 Å². The van der Waals surface area contributed by atoms with Crippen molar-refractivity contribution in [1.29, 1.82) is 0 Å². The first-order valence-electron chi connectivity index (χ1n) is 0.836. The number of aliphatic hydroxyl groups is 1. The molecule has 0 fully saturated rings. The maximum Gasteiger partial charge on any atom is 0.201 e. The molecule has 0 aromatic heterocycles. The Morgan fingerprint density at radius 3 is 2.25 bits per heavy atom. The fraction of sp³-hybridized carbons (Fsp3) is 0. The van der Waals surface area contributed by atoms with Crippen LogP contribution in [0.3, 0.4) is 0 Å². The minimum absolute atomic E-state index is 0.653. The molecule has 0 atom stereocenters. The molecule has 0 aromatic carbocycles.